The summed E-state index contributed by atoms with van der Waals surface area (Å²) in [6.45, 7) is 5.60. The summed E-state index contributed by atoms with van der Waals surface area (Å²) in [5.74, 6) is -0.410. The monoisotopic (exact) mass is 281 g/mol. The minimum atomic E-state index is -0.598. The van der Waals surface area contributed by atoms with Gasteiger partial charge in [-0.25, -0.2) is 4.79 Å². The van der Waals surface area contributed by atoms with Gasteiger partial charge in [0.2, 0.25) is 5.88 Å². The highest BCUT2D eigenvalue weighted by Crippen LogP contribution is 2.13. The lowest BCUT2D eigenvalue weighted by Gasteiger charge is -2.11. The Morgan fingerprint density at radius 3 is 2.60 bits per heavy atom. The Bertz CT molecular complexity index is 640. The molecule has 1 heterocycles. The van der Waals surface area contributed by atoms with Gasteiger partial charge in [-0.05, 0) is 6.42 Å². The maximum atomic E-state index is 12.1. The Hall–Kier alpha value is -2.31. The van der Waals surface area contributed by atoms with Crippen molar-refractivity contribution in [1.29, 1.82) is 0 Å². The molecule has 0 unspecified atom stereocenters. The van der Waals surface area contributed by atoms with Crippen LogP contribution in [0.25, 0.3) is 0 Å². The Morgan fingerprint density at radius 2 is 2.05 bits per heavy atom. The molecule has 1 rings (SSSR count). The van der Waals surface area contributed by atoms with Crippen LogP contribution in [0.15, 0.2) is 27.4 Å². The fraction of sp³-hybridized carbons (Fsp3) is 0.462. The van der Waals surface area contributed by atoms with Crippen molar-refractivity contribution in [2.75, 3.05) is 6.61 Å². The predicted octanol–water partition coefficient (Wildman–Crippen LogP) is 0.496. The van der Waals surface area contributed by atoms with Gasteiger partial charge in [0.05, 0.1) is 5.71 Å². The van der Waals surface area contributed by atoms with Gasteiger partial charge < -0.3 is 9.94 Å². The van der Waals surface area contributed by atoms with Gasteiger partial charge in [0.1, 0.15) is 12.2 Å². The maximum absolute atomic E-state index is 12.1. The van der Waals surface area contributed by atoms with E-state index in [1.54, 1.807) is 0 Å². The molecular weight excluding hydrogens is 262 g/mol. The molecule has 0 aliphatic rings. The lowest BCUT2D eigenvalue weighted by molar-refractivity contribution is 0.174. The summed E-state index contributed by atoms with van der Waals surface area (Å²) in [7, 11) is 2.73. The van der Waals surface area contributed by atoms with Crippen molar-refractivity contribution in [3.8, 4) is 5.88 Å². The molecular formula is C13H19N3O4. The summed E-state index contributed by atoms with van der Waals surface area (Å²) < 4.78 is 1.92. The van der Waals surface area contributed by atoms with Crippen LogP contribution in [0.5, 0.6) is 5.88 Å². The summed E-state index contributed by atoms with van der Waals surface area (Å²) in [4.78, 5) is 28.8. The third-order valence-corrected chi connectivity index (χ3v) is 2.78. The third kappa shape index (κ3) is 2.98. The first-order valence-corrected chi connectivity index (χ1v) is 6.24. The summed E-state index contributed by atoms with van der Waals surface area (Å²) in [5, 5.41) is 13.9. The van der Waals surface area contributed by atoms with Crippen LogP contribution in [0.3, 0.4) is 0 Å². The molecule has 0 amide bonds. The second kappa shape index (κ2) is 6.74. The van der Waals surface area contributed by atoms with E-state index in [1.807, 2.05) is 6.92 Å². The van der Waals surface area contributed by atoms with Crippen LogP contribution in [-0.4, -0.2) is 26.6 Å². The molecule has 1 aromatic rings. The summed E-state index contributed by atoms with van der Waals surface area (Å²) in [6.07, 6.45) is 2.67. The Morgan fingerprint density at radius 1 is 1.40 bits per heavy atom. The summed E-state index contributed by atoms with van der Waals surface area (Å²) in [6, 6.07) is 0. The lowest BCUT2D eigenvalue weighted by Crippen LogP contribution is -2.40. The van der Waals surface area contributed by atoms with Crippen molar-refractivity contribution in [2.45, 2.75) is 19.8 Å². The van der Waals surface area contributed by atoms with E-state index in [2.05, 4.69) is 11.7 Å². The van der Waals surface area contributed by atoms with Gasteiger partial charge in [-0.3, -0.25) is 13.9 Å². The minimum Gasteiger partial charge on any atom is -0.494 e. The van der Waals surface area contributed by atoms with Gasteiger partial charge in [0.15, 0.2) is 0 Å². The van der Waals surface area contributed by atoms with Gasteiger partial charge in [-0.1, -0.05) is 31.2 Å². The maximum Gasteiger partial charge on any atom is 0.333 e. The Kier molecular flexibility index (Phi) is 5.31. The van der Waals surface area contributed by atoms with E-state index in [9.17, 15) is 14.7 Å². The van der Waals surface area contributed by atoms with E-state index in [-0.39, 0.29) is 12.2 Å². The Labute approximate surface area is 116 Å². The summed E-state index contributed by atoms with van der Waals surface area (Å²) in [5.41, 5.74) is -0.900. The number of rotatable bonds is 6. The fourth-order valence-electron chi connectivity index (χ4n) is 1.71. The van der Waals surface area contributed by atoms with Gasteiger partial charge in [-0.2, -0.15) is 0 Å². The molecule has 0 aliphatic carbocycles. The molecule has 7 nitrogen and oxygen atoms in total. The Balaban J connectivity index is 3.48. The van der Waals surface area contributed by atoms with Crippen LogP contribution in [-0.2, 0) is 18.9 Å². The number of hydrogen-bond acceptors (Lipinski definition) is 5. The second-order valence-electron chi connectivity index (χ2n) is 4.28. The number of aromatic nitrogens is 2. The van der Waals surface area contributed by atoms with E-state index >= 15 is 0 Å². The molecule has 0 aliphatic heterocycles. The second-order valence-corrected chi connectivity index (χ2v) is 4.28. The summed E-state index contributed by atoms with van der Waals surface area (Å²) >= 11 is 0. The standard InChI is InChI=1S/C13H19N3O4/c1-5-7-9(14-20-8-6-2)10-11(17)15(3)13(19)16(4)12(10)18/h6,17H,2,5,7-8H2,1,3-4H3/b14-9-. The fourth-order valence-corrected chi connectivity index (χ4v) is 1.71. The molecule has 1 aromatic heterocycles. The molecule has 0 atom stereocenters. The van der Waals surface area contributed by atoms with Gasteiger partial charge in [0, 0.05) is 14.1 Å². The van der Waals surface area contributed by atoms with Crippen LogP contribution in [0.2, 0.25) is 0 Å². The van der Waals surface area contributed by atoms with Crippen LogP contribution >= 0.6 is 0 Å². The molecule has 20 heavy (non-hydrogen) atoms. The van der Waals surface area contributed by atoms with Crippen molar-refractivity contribution >= 4 is 5.71 Å². The van der Waals surface area contributed by atoms with E-state index in [1.165, 1.54) is 20.2 Å². The van der Waals surface area contributed by atoms with Gasteiger partial charge in [0.25, 0.3) is 5.56 Å². The van der Waals surface area contributed by atoms with E-state index in [0.29, 0.717) is 18.6 Å². The van der Waals surface area contributed by atoms with Crippen LogP contribution in [0.4, 0.5) is 0 Å². The average molecular weight is 281 g/mol. The first-order valence-electron chi connectivity index (χ1n) is 6.24. The average Bonchev–Trinajstić information content (AvgIpc) is 2.43. The van der Waals surface area contributed by atoms with Crippen molar-refractivity contribution in [3.63, 3.8) is 0 Å². The zero-order valence-corrected chi connectivity index (χ0v) is 11.9. The lowest BCUT2D eigenvalue weighted by atomic mass is 10.1. The first kappa shape index (κ1) is 15.7. The largest absolute Gasteiger partial charge is 0.494 e. The number of oxime groups is 1. The number of hydrogen-bond donors (Lipinski definition) is 1. The topological polar surface area (TPSA) is 85.8 Å². The first-order chi connectivity index (χ1) is 9.45. The highest BCUT2D eigenvalue weighted by molar-refractivity contribution is 6.01. The quantitative estimate of drug-likeness (QED) is 0.356. The van der Waals surface area contributed by atoms with E-state index < -0.39 is 17.1 Å². The van der Waals surface area contributed by atoms with Crippen molar-refractivity contribution < 1.29 is 9.94 Å². The molecule has 0 fully saturated rings. The molecule has 0 saturated carbocycles. The van der Waals surface area contributed by atoms with Crippen LogP contribution in [0.1, 0.15) is 25.3 Å². The smallest absolute Gasteiger partial charge is 0.333 e. The zero-order chi connectivity index (χ0) is 15.3. The van der Waals surface area contributed by atoms with E-state index in [0.717, 1.165) is 9.13 Å². The highest BCUT2D eigenvalue weighted by atomic mass is 16.6. The van der Waals surface area contributed by atoms with Crippen LogP contribution in [0, 0.1) is 0 Å². The van der Waals surface area contributed by atoms with Crippen LogP contribution < -0.4 is 11.2 Å². The van der Waals surface area contributed by atoms with Gasteiger partial charge >= 0.3 is 5.69 Å². The number of aromatic hydroxyl groups is 1. The van der Waals surface area contributed by atoms with Crippen molar-refractivity contribution in [3.05, 3.63) is 39.1 Å². The SMILES string of the molecule is C=CCO/N=C(/CCC)c1c(O)n(C)c(=O)n(C)c1=O. The van der Waals surface area contributed by atoms with E-state index in [4.69, 9.17) is 4.84 Å². The van der Waals surface area contributed by atoms with Crippen molar-refractivity contribution in [1.82, 2.24) is 9.13 Å². The molecule has 0 radical (unpaired) electrons. The molecule has 110 valence electrons. The van der Waals surface area contributed by atoms with Gasteiger partial charge in [-0.15, -0.1) is 0 Å². The molecule has 0 bridgehead atoms. The third-order valence-electron chi connectivity index (χ3n) is 2.78. The van der Waals surface area contributed by atoms with Crippen molar-refractivity contribution in [2.24, 2.45) is 19.3 Å². The molecule has 0 aromatic carbocycles. The molecule has 7 heteroatoms. The highest BCUT2D eigenvalue weighted by Gasteiger charge is 2.20. The molecule has 1 N–H and O–H groups in total. The number of nitrogens with zero attached hydrogens (tertiary/aromatic N) is 3. The predicted molar refractivity (Wildman–Crippen MR) is 76.2 cm³/mol. The molecule has 0 saturated heterocycles. The minimum absolute atomic E-state index is 0.0134. The zero-order valence-electron chi connectivity index (χ0n) is 11.9. The molecule has 0 spiro atoms. The normalized spacial score (nSPS) is 11.4.